The summed E-state index contributed by atoms with van der Waals surface area (Å²) in [4.78, 5) is 14.7. The van der Waals surface area contributed by atoms with Crippen LogP contribution in [0, 0.1) is 19.8 Å². The molecule has 0 aliphatic heterocycles. The molecule has 3 rings (SSSR count). The van der Waals surface area contributed by atoms with E-state index in [1.54, 1.807) is 0 Å². The number of benzene rings is 1. The number of aromatic nitrogens is 2. The molecule has 0 unspecified atom stereocenters. The Labute approximate surface area is 143 Å². The Morgan fingerprint density at radius 2 is 2.00 bits per heavy atom. The Hall–Kier alpha value is -2.14. The largest absolute Gasteiger partial charge is 0.341 e. The second kappa shape index (κ2) is 7.18. The predicted octanol–water partition coefficient (Wildman–Crippen LogP) is 2.23. The average molecular weight is 326 g/mol. The molecular formula is C19H26N4O. The van der Waals surface area contributed by atoms with Crippen LogP contribution in [0.15, 0.2) is 30.3 Å². The number of hydrogen-bond acceptors (Lipinski definition) is 3. The van der Waals surface area contributed by atoms with E-state index in [1.165, 1.54) is 12.8 Å². The molecule has 128 valence electrons. The number of rotatable bonds is 7. The Bertz CT molecular complexity index is 704. The Morgan fingerprint density at radius 1 is 1.29 bits per heavy atom. The maximum atomic E-state index is 12.7. The number of para-hydroxylation sites is 1. The van der Waals surface area contributed by atoms with Gasteiger partial charge < -0.3 is 10.6 Å². The van der Waals surface area contributed by atoms with E-state index >= 15 is 0 Å². The second-order valence-corrected chi connectivity index (χ2v) is 6.65. The molecule has 5 nitrogen and oxygen atoms in total. The standard InChI is InChI=1S/C19H26N4O/c1-14-18(12-19(24)22(11-10-20)13-16-8-9-16)15(2)23(21-14)17-6-4-3-5-7-17/h3-7,16H,8-13,20H2,1-2H3. The monoisotopic (exact) mass is 326 g/mol. The number of nitrogens with two attached hydrogens (primary N) is 1. The zero-order valence-corrected chi connectivity index (χ0v) is 14.5. The van der Waals surface area contributed by atoms with Crippen molar-refractivity contribution in [3.8, 4) is 5.69 Å². The quantitative estimate of drug-likeness (QED) is 0.848. The smallest absolute Gasteiger partial charge is 0.227 e. The van der Waals surface area contributed by atoms with Crippen molar-refractivity contribution in [3.63, 3.8) is 0 Å². The van der Waals surface area contributed by atoms with E-state index in [2.05, 4.69) is 5.10 Å². The lowest BCUT2D eigenvalue weighted by Gasteiger charge is -2.22. The molecule has 2 aromatic rings. The summed E-state index contributed by atoms with van der Waals surface area (Å²) in [6.45, 7) is 6.01. The minimum absolute atomic E-state index is 0.158. The van der Waals surface area contributed by atoms with Gasteiger partial charge in [-0.1, -0.05) is 18.2 Å². The van der Waals surface area contributed by atoms with Gasteiger partial charge in [0.05, 0.1) is 17.8 Å². The van der Waals surface area contributed by atoms with Gasteiger partial charge in [-0.3, -0.25) is 4.79 Å². The molecule has 0 radical (unpaired) electrons. The van der Waals surface area contributed by atoms with Crippen molar-refractivity contribution in [2.75, 3.05) is 19.6 Å². The van der Waals surface area contributed by atoms with Gasteiger partial charge in [-0.15, -0.1) is 0 Å². The molecule has 1 saturated carbocycles. The Kier molecular flexibility index (Phi) is 5.00. The lowest BCUT2D eigenvalue weighted by atomic mass is 10.1. The summed E-state index contributed by atoms with van der Waals surface area (Å²) in [5, 5.41) is 4.63. The fraction of sp³-hybridized carbons (Fsp3) is 0.474. The number of aryl methyl sites for hydroxylation is 1. The lowest BCUT2D eigenvalue weighted by molar-refractivity contribution is -0.130. The summed E-state index contributed by atoms with van der Waals surface area (Å²) in [6, 6.07) is 10.0. The minimum atomic E-state index is 0.158. The molecule has 1 amide bonds. The normalized spacial score (nSPS) is 14.0. The summed E-state index contributed by atoms with van der Waals surface area (Å²) in [7, 11) is 0. The summed E-state index contributed by atoms with van der Waals surface area (Å²) in [5.41, 5.74) is 9.69. The molecule has 2 N–H and O–H groups in total. The third kappa shape index (κ3) is 3.67. The van der Waals surface area contributed by atoms with Crippen molar-refractivity contribution in [2.24, 2.45) is 11.7 Å². The maximum Gasteiger partial charge on any atom is 0.227 e. The minimum Gasteiger partial charge on any atom is -0.341 e. The molecule has 0 spiro atoms. The van der Waals surface area contributed by atoms with E-state index in [0.29, 0.717) is 25.4 Å². The summed E-state index contributed by atoms with van der Waals surface area (Å²) < 4.78 is 1.92. The number of carbonyl (C=O) groups is 1. The third-order valence-corrected chi connectivity index (χ3v) is 4.70. The first-order chi connectivity index (χ1) is 11.6. The van der Waals surface area contributed by atoms with Gasteiger partial charge in [-0.2, -0.15) is 5.10 Å². The Morgan fingerprint density at radius 3 is 2.62 bits per heavy atom. The van der Waals surface area contributed by atoms with Crippen molar-refractivity contribution in [2.45, 2.75) is 33.1 Å². The van der Waals surface area contributed by atoms with Crippen molar-refractivity contribution in [3.05, 3.63) is 47.3 Å². The molecule has 1 fully saturated rings. The van der Waals surface area contributed by atoms with Gasteiger partial charge >= 0.3 is 0 Å². The number of hydrogen-bond donors (Lipinski definition) is 1. The van der Waals surface area contributed by atoms with Crippen LogP contribution in [-0.4, -0.2) is 40.2 Å². The van der Waals surface area contributed by atoms with Crippen LogP contribution < -0.4 is 5.73 Å². The SMILES string of the molecule is Cc1nn(-c2ccccc2)c(C)c1CC(=O)N(CCN)CC1CC1. The summed E-state index contributed by atoms with van der Waals surface area (Å²) in [5.74, 6) is 0.834. The number of nitrogens with zero attached hydrogens (tertiary/aromatic N) is 3. The van der Waals surface area contributed by atoms with Crippen LogP contribution in [-0.2, 0) is 11.2 Å². The van der Waals surface area contributed by atoms with Gasteiger partial charge in [0, 0.05) is 30.9 Å². The topological polar surface area (TPSA) is 64.2 Å². The highest BCUT2D eigenvalue weighted by Crippen LogP contribution is 2.30. The molecule has 1 aliphatic rings. The zero-order valence-electron chi connectivity index (χ0n) is 14.5. The summed E-state index contributed by atoms with van der Waals surface area (Å²) in [6.07, 6.45) is 2.87. The molecule has 1 aromatic carbocycles. The summed E-state index contributed by atoms with van der Waals surface area (Å²) >= 11 is 0. The molecule has 0 saturated heterocycles. The van der Waals surface area contributed by atoms with Crippen LogP contribution in [0.2, 0.25) is 0 Å². The van der Waals surface area contributed by atoms with Crippen molar-refractivity contribution in [1.29, 1.82) is 0 Å². The molecule has 24 heavy (non-hydrogen) atoms. The molecule has 1 heterocycles. The van der Waals surface area contributed by atoms with Gasteiger partial charge in [0.25, 0.3) is 0 Å². The van der Waals surface area contributed by atoms with Crippen LogP contribution in [0.4, 0.5) is 0 Å². The van der Waals surface area contributed by atoms with Gasteiger partial charge in [0.15, 0.2) is 0 Å². The first kappa shape index (κ1) is 16.7. The average Bonchev–Trinajstić information content (AvgIpc) is 3.36. The molecule has 0 bridgehead atoms. The lowest BCUT2D eigenvalue weighted by Crippen LogP contribution is -2.38. The van der Waals surface area contributed by atoms with E-state index in [-0.39, 0.29) is 5.91 Å². The first-order valence-corrected chi connectivity index (χ1v) is 8.68. The molecule has 0 atom stereocenters. The van der Waals surface area contributed by atoms with E-state index in [1.807, 2.05) is 53.8 Å². The highest BCUT2D eigenvalue weighted by molar-refractivity contribution is 5.79. The molecule has 1 aliphatic carbocycles. The predicted molar refractivity (Wildman–Crippen MR) is 95.1 cm³/mol. The van der Waals surface area contributed by atoms with Crippen molar-refractivity contribution in [1.82, 2.24) is 14.7 Å². The van der Waals surface area contributed by atoms with Crippen molar-refractivity contribution >= 4 is 5.91 Å². The van der Waals surface area contributed by atoms with Crippen molar-refractivity contribution < 1.29 is 4.79 Å². The van der Waals surface area contributed by atoms with Gasteiger partial charge in [0.1, 0.15) is 0 Å². The fourth-order valence-electron chi connectivity index (χ4n) is 3.10. The van der Waals surface area contributed by atoms with Gasteiger partial charge in [0.2, 0.25) is 5.91 Å². The van der Waals surface area contributed by atoms with E-state index in [9.17, 15) is 4.79 Å². The fourth-order valence-corrected chi connectivity index (χ4v) is 3.10. The first-order valence-electron chi connectivity index (χ1n) is 8.68. The van der Waals surface area contributed by atoms with Crippen LogP contribution >= 0.6 is 0 Å². The van der Waals surface area contributed by atoms with Crippen LogP contribution in [0.1, 0.15) is 29.8 Å². The Balaban J connectivity index is 1.79. The van der Waals surface area contributed by atoms with E-state index in [4.69, 9.17) is 5.73 Å². The van der Waals surface area contributed by atoms with E-state index < -0.39 is 0 Å². The maximum absolute atomic E-state index is 12.7. The number of amides is 1. The van der Waals surface area contributed by atoms with Gasteiger partial charge in [-0.05, 0) is 44.7 Å². The second-order valence-electron chi connectivity index (χ2n) is 6.65. The highest BCUT2D eigenvalue weighted by atomic mass is 16.2. The molecule has 1 aromatic heterocycles. The van der Waals surface area contributed by atoms with Gasteiger partial charge in [-0.25, -0.2) is 4.68 Å². The molecule has 5 heteroatoms. The van der Waals surface area contributed by atoms with Crippen LogP contribution in [0.3, 0.4) is 0 Å². The third-order valence-electron chi connectivity index (χ3n) is 4.70. The highest BCUT2D eigenvalue weighted by Gasteiger charge is 2.27. The van der Waals surface area contributed by atoms with E-state index in [0.717, 1.165) is 29.2 Å². The zero-order chi connectivity index (χ0) is 17.1. The van der Waals surface area contributed by atoms with Crippen LogP contribution in [0.25, 0.3) is 5.69 Å². The van der Waals surface area contributed by atoms with Crippen LogP contribution in [0.5, 0.6) is 0 Å². The molecular weight excluding hydrogens is 300 g/mol. The number of carbonyl (C=O) groups excluding carboxylic acids is 1.